The van der Waals surface area contributed by atoms with Gasteiger partial charge >= 0.3 is 0 Å². The Morgan fingerprint density at radius 2 is 1.82 bits per heavy atom. The highest BCUT2D eigenvalue weighted by molar-refractivity contribution is 7.80. The summed E-state index contributed by atoms with van der Waals surface area (Å²) in [6.07, 6.45) is 1.68. The number of nitrogens with zero attached hydrogens (tertiary/aromatic N) is 4. The lowest BCUT2D eigenvalue weighted by Crippen LogP contribution is -2.60. The zero-order valence-corrected chi connectivity index (χ0v) is 22.7. The average Bonchev–Trinajstić information content (AvgIpc) is 3.34. The first-order chi connectivity index (χ1) is 18.1. The highest BCUT2D eigenvalue weighted by Crippen LogP contribution is 2.32. The Bertz CT molecular complexity index is 1220. The number of hydrogen-bond acceptors (Lipinski definition) is 6. The second kappa shape index (κ2) is 11.8. The third-order valence-corrected chi connectivity index (χ3v) is 6.93. The van der Waals surface area contributed by atoms with Crippen LogP contribution in [0.1, 0.15) is 43.9 Å². The first kappa shape index (κ1) is 27.4. The quantitative estimate of drug-likeness (QED) is 0.329. The van der Waals surface area contributed by atoms with Crippen molar-refractivity contribution in [2.75, 3.05) is 24.5 Å². The predicted octanol–water partition coefficient (Wildman–Crippen LogP) is 3.71. The molecule has 202 valence electrons. The highest BCUT2D eigenvalue weighted by atomic mass is 32.1. The van der Waals surface area contributed by atoms with Gasteiger partial charge in [0.1, 0.15) is 23.4 Å². The van der Waals surface area contributed by atoms with E-state index in [1.54, 1.807) is 11.1 Å². The number of benzene rings is 2. The molecule has 0 radical (unpaired) electrons. The van der Waals surface area contributed by atoms with Crippen LogP contribution in [0.3, 0.4) is 0 Å². The lowest BCUT2D eigenvalue weighted by atomic mass is 10.0. The smallest absolute Gasteiger partial charge is 0.217 e. The molecule has 2 aromatic rings. The number of halogens is 2. The largest absolute Gasteiger partial charge is 0.390 e. The lowest BCUT2D eigenvalue weighted by Gasteiger charge is -2.46. The summed E-state index contributed by atoms with van der Waals surface area (Å²) in [5.41, 5.74) is 5.72. The second-order valence-corrected chi connectivity index (χ2v) is 10.2. The molecule has 2 heterocycles. The van der Waals surface area contributed by atoms with Gasteiger partial charge in [0.05, 0.1) is 18.5 Å². The molecule has 1 amide bonds. The van der Waals surface area contributed by atoms with Gasteiger partial charge in [0.25, 0.3) is 0 Å². The number of thiocarbonyl (C=S) groups is 1. The maximum absolute atomic E-state index is 15.3. The number of anilines is 1. The van der Waals surface area contributed by atoms with Crippen LogP contribution in [-0.4, -0.2) is 65.7 Å². The van der Waals surface area contributed by atoms with Crippen LogP contribution < -0.4 is 15.6 Å². The standard InChI is InChI=1S/C27H32F2N6O2S/c1-16-5-7-20(8-6-16)12-31-32-27(38)34-14-17(2)35(18(3)15-34)26-23(28)9-21(10-24(26)29)25-11-22(37-33-25)13-30-19(4)36/h5-10,12,17-18,22H,11,13-15H2,1-4H3,(H,30,36)(H,32,38)/b31-12-. The van der Waals surface area contributed by atoms with Crippen molar-refractivity contribution < 1.29 is 18.4 Å². The van der Waals surface area contributed by atoms with E-state index in [-0.39, 0.29) is 36.3 Å². The summed E-state index contributed by atoms with van der Waals surface area (Å²) in [6.45, 7) is 8.48. The number of oxime groups is 1. The van der Waals surface area contributed by atoms with Crippen LogP contribution in [0.15, 0.2) is 46.7 Å². The van der Waals surface area contributed by atoms with Crippen molar-refractivity contribution in [1.29, 1.82) is 0 Å². The molecule has 2 aliphatic rings. The van der Waals surface area contributed by atoms with Crippen molar-refractivity contribution in [2.24, 2.45) is 10.3 Å². The molecule has 3 unspecified atom stereocenters. The molecule has 0 spiro atoms. The van der Waals surface area contributed by atoms with E-state index in [1.165, 1.54) is 24.6 Å². The Kier molecular flexibility index (Phi) is 8.55. The van der Waals surface area contributed by atoms with E-state index < -0.39 is 11.6 Å². The summed E-state index contributed by atoms with van der Waals surface area (Å²) in [4.78, 5) is 20.1. The van der Waals surface area contributed by atoms with Crippen LogP contribution in [-0.2, 0) is 9.63 Å². The van der Waals surface area contributed by atoms with E-state index in [9.17, 15) is 4.79 Å². The van der Waals surface area contributed by atoms with Crippen molar-refractivity contribution in [2.45, 2.75) is 52.3 Å². The number of carbonyl (C=O) groups excluding carboxylic acids is 1. The molecule has 3 atom stereocenters. The third kappa shape index (κ3) is 6.45. The third-order valence-electron chi connectivity index (χ3n) is 6.58. The summed E-state index contributed by atoms with van der Waals surface area (Å²) in [5, 5.41) is 11.3. The van der Waals surface area contributed by atoms with Gasteiger partial charge in [-0.3, -0.25) is 10.2 Å². The van der Waals surface area contributed by atoms with Crippen LogP contribution in [0.4, 0.5) is 14.5 Å². The van der Waals surface area contributed by atoms with Gasteiger partial charge in [-0.05, 0) is 50.7 Å². The first-order valence-corrected chi connectivity index (χ1v) is 12.9. The minimum atomic E-state index is -0.663. The van der Waals surface area contributed by atoms with E-state index in [4.69, 9.17) is 17.1 Å². The van der Waals surface area contributed by atoms with Crippen molar-refractivity contribution in [3.05, 3.63) is 64.7 Å². The lowest BCUT2D eigenvalue weighted by molar-refractivity contribution is -0.119. The SMILES string of the molecule is CC(=O)NCC1CC(c2cc(F)c(N3C(C)CN(C(=S)N/N=C\c4ccc(C)cc4)CC3C)c(F)c2)=NO1. The van der Waals surface area contributed by atoms with Crippen LogP contribution in [0.25, 0.3) is 0 Å². The molecule has 0 bridgehead atoms. The van der Waals surface area contributed by atoms with Crippen molar-refractivity contribution in [1.82, 2.24) is 15.6 Å². The van der Waals surface area contributed by atoms with E-state index in [0.717, 1.165) is 5.56 Å². The molecule has 2 aliphatic heterocycles. The van der Waals surface area contributed by atoms with Gasteiger partial charge in [-0.25, -0.2) is 8.78 Å². The fourth-order valence-corrected chi connectivity index (χ4v) is 4.96. The topological polar surface area (TPSA) is 81.6 Å². The molecule has 0 aromatic heterocycles. The summed E-state index contributed by atoms with van der Waals surface area (Å²) in [7, 11) is 0. The summed E-state index contributed by atoms with van der Waals surface area (Å²) in [5.74, 6) is -1.51. The molecule has 11 heteroatoms. The van der Waals surface area contributed by atoms with E-state index in [2.05, 4.69) is 21.0 Å². The van der Waals surface area contributed by atoms with Gasteiger partial charge in [0.2, 0.25) is 5.91 Å². The number of aryl methyl sites for hydroxylation is 1. The normalized spacial score (nSPS) is 21.3. The summed E-state index contributed by atoms with van der Waals surface area (Å²) in [6, 6.07) is 10.1. The van der Waals surface area contributed by atoms with Crippen LogP contribution in [0.5, 0.6) is 0 Å². The molecule has 1 saturated heterocycles. The fourth-order valence-electron chi connectivity index (χ4n) is 4.76. The zero-order valence-electron chi connectivity index (χ0n) is 21.9. The van der Waals surface area contributed by atoms with Gasteiger partial charge in [0, 0.05) is 44.1 Å². The van der Waals surface area contributed by atoms with Gasteiger partial charge in [-0.2, -0.15) is 5.10 Å². The average molecular weight is 543 g/mol. The Hall–Kier alpha value is -3.60. The number of amides is 1. The van der Waals surface area contributed by atoms with Gasteiger partial charge in [-0.15, -0.1) is 0 Å². The number of piperazine rings is 1. The molecule has 8 nitrogen and oxygen atoms in total. The van der Waals surface area contributed by atoms with Crippen molar-refractivity contribution >= 4 is 40.9 Å². The predicted molar refractivity (Wildman–Crippen MR) is 149 cm³/mol. The van der Waals surface area contributed by atoms with Crippen molar-refractivity contribution in [3.63, 3.8) is 0 Å². The highest BCUT2D eigenvalue weighted by Gasteiger charge is 2.34. The van der Waals surface area contributed by atoms with E-state index in [0.29, 0.717) is 35.9 Å². The zero-order chi connectivity index (χ0) is 27.4. The maximum atomic E-state index is 15.3. The first-order valence-electron chi connectivity index (χ1n) is 12.5. The number of carbonyl (C=O) groups is 1. The number of rotatable bonds is 6. The number of nitrogens with one attached hydrogen (secondary N) is 2. The fraction of sp³-hybridized carbons (Fsp3) is 0.407. The Morgan fingerprint density at radius 1 is 1.18 bits per heavy atom. The molecular formula is C27H32F2N6O2S. The molecule has 38 heavy (non-hydrogen) atoms. The van der Waals surface area contributed by atoms with Crippen molar-refractivity contribution in [3.8, 4) is 0 Å². The van der Waals surface area contributed by atoms with E-state index >= 15 is 8.78 Å². The molecule has 2 aromatic carbocycles. The summed E-state index contributed by atoms with van der Waals surface area (Å²) < 4.78 is 30.7. The molecule has 0 aliphatic carbocycles. The molecule has 4 rings (SSSR count). The minimum absolute atomic E-state index is 0.0704. The van der Waals surface area contributed by atoms with Crippen LogP contribution in [0.2, 0.25) is 0 Å². The van der Waals surface area contributed by atoms with Gasteiger partial charge in [-0.1, -0.05) is 35.0 Å². The number of hydrogen-bond donors (Lipinski definition) is 2. The molecule has 0 saturated carbocycles. The molecule has 1 fully saturated rings. The van der Waals surface area contributed by atoms with Gasteiger partial charge < -0.3 is 20.0 Å². The number of hydrazone groups is 1. The minimum Gasteiger partial charge on any atom is -0.390 e. The monoisotopic (exact) mass is 542 g/mol. The van der Waals surface area contributed by atoms with Crippen LogP contribution >= 0.6 is 12.2 Å². The summed E-state index contributed by atoms with van der Waals surface area (Å²) >= 11 is 5.53. The molecular weight excluding hydrogens is 510 g/mol. The second-order valence-electron chi connectivity index (χ2n) is 9.79. The van der Waals surface area contributed by atoms with Gasteiger partial charge in [0.15, 0.2) is 5.11 Å². The van der Waals surface area contributed by atoms with Crippen LogP contribution in [0, 0.1) is 18.6 Å². The maximum Gasteiger partial charge on any atom is 0.217 e. The van der Waals surface area contributed by atoms with E-state index in [1.807, 2.05) is 49.9 Å². The Morgan fingerprint density at radius 3 is 2.42 bits per heavy atom. The molecule has 2 N–H and O–H groups in total. The Labute approximate surface area is 226 Å². The Balaban J connectivity index is 1.40.